The Kier molecular flexibility index (Phi) is 6.82. The molecule has 1 aliphatic rings. The monoisotopic (exact) mass is 369 g/mol. The van der Waals surface area contributed by atoms with Crippen LogP contribution in [0.4, 0.5) is 0 Å². The van der Waals surface area contributed by atoms with Crippen molar-refractivity contribution in [2.45, 2.75) is 6.92 Å². The summed E-state index contributed by atoms with van der Waals surface area (Å²) in [5.41, 5.74) is 3.35. The van der Waals surface area contributed by atoms with E-state index in [0.29, 0.717) is 26.4 Å². The number of hydrogen-bond acceptors (Lipinski definition) is 5. The van der Waals surface area contributed by atoms with Crippen LogP contribution in [0.2, 0.25) is 0 Å². The van der Waals surface area contributed by atoms with E-state index in [1.54, 1.807) is 6.21 Å². The highest BCUT2D eigenvalue weighted by atomic mass is 79.9. The highest BCUT2D eigenvalue weighted by Crippen LogP contribution is 2.21. The maximum Gasteiger partial charge on any atom is 0.254 e. The van der Waals surface area contributed by atoms with Crippen molar-refractivity contribution in [3.8, 4) is 5.75 Å². The molecule has 1 saturated heterocycles. The summed E-state index contributed by atoms with van der Waals surface area (Å²) in [7, 11) is 0. The highest BCUT2D eigenvalue weighted by molar-refractivity contribution is 9.10. The van der Waals surface area contributed by atoms with Crippen LogP contribution in [0.1, 0.15) is 12.5 Å². The fourth-order valence-electron chi connectivity index (χ4n) is 2.08. The van der Waals surface area contributed by atoms with Crippen LogP contribution in [0.15, 0.2) is 27.8 Å². The van der Waals surface area contributed by atoms with Gasteiger partial charge in [-0.25, -0.2) is 5.43 Å². The third-order valence-corrected chi connectivity index (χ3v) is 3.63. The van der Waals surface area contributed by atoms with Crippen LogP contribution < -0.4 is 10.2 Å². The Labute approximate surface area is 138 Å². The number of benzene rings is 1. The van der Waals surface area contributed by atoms with Crippen molar-refractivity contribution >= 4 is 28.1 Å². The van der Waals surface area contributed by atoms with Gasteiger partial charge in [-0.3, -0.25) is 9.69 Å². The molecule has 1 aromatic rings. The number of rotatable bonds is 6. The van der Waals surface area contributed by atoms with Crippen molar-refractivity contribution in [3.63, 3.8) is 0 Å². The van der Waals surface area contributed by atoms with Gasteiger partial charge in [0.1, 0.15) is 5.75 Å². The first-order valence-corrected chi connectivity index (χ1v) is 8.02. The van der Waals surface area contributed by atoms with E-state index in [-0.39, 0.29) is 5.91 Å². The molecule has 22 heavy (non-hydrogen) atoms. The molecule has 0 aliphatic carbocycles. The van der Waals surface area contributed by atoms with Crippen LogP contribution in [0, 0.1) is 0 Å². The number of amides is 1. The maximum absolute atomic E-state index is 11.8. The standard InChI is InChI=1S/C15H20BrN3O3/c1-2-22-14-4-3-13(16)9-12(14)10-17-18-15(20)11-19-5-7-21-8-6-19/h3-4,9-10H,2,5-8,11H2,1H3,(H,18,20). The summed E-state index contributed by atoms with van der Waals surface area (Å²) >= 11 is 3.41. The number of carbonyl (C=O) groups is 1. The molecule has 0 unspecified atom stereocenters. The second kappa shape index (κ2) is 8.87. The zero-order valence-electron chi connectivity index (χ0n) is 12.5. The molecular weight excluding hydrogens is 350 g/mol. The van der Waals surface area contributed by atoms with Gasteiger partial charge in [0.05, 0.1) is 32.6 Å². The lowest BCUT2D eigenvalue weighted by Gasteiger charge is -2.25. The number of halogens is 1. The van der Waals surface area contributed by atoms with E-state index in [0.717, 1.165) is 28.9 Å². The Bertz CT molecular complexity index is 531. The molecule has 1 fully saturated rings. The molecule has 1 aromatic carbocycles. The molecule has 1 aliphatic heterocycles. The van der Waals surface area contributed by atoms with Gasteiger partial charge in [-0.15, -0.1) is 0 Å². The lowest BCUT2D eigenvalue weighted by molar-refractivity contribution is -0.123. The highest BCUT2D eigenvalue weighted by Gasteiger charge is 2.13. The minimum atomic E-state index is -0.133. The normalized spacial score (nSPS) is 15.9. The number of hydrogen-bond donors (Lipinski definition) is 1. The summed E-state index contributed by atoms with van der Waals surface area (Å²) < 4.78 is 11.7. The van der Waals surface area contributed by atoms with Crippen LogP contribution >= 0.6 is 15.9 Å². The van der Waals surface area contributed by atoms with Crippen LogP contribution in [0.3, 0.4) is 0 Å². The molecule has 7 heteroatoms. The van der Waals surface area contributed by atoms with E-state index in [1.807, 2.05) is 30.0 Å². The molecule has 0 radical (unpaired) electrons. The molecule has 0 atom stereocenters. The maximum atomic E-state index is 11.8. The molecule has 6 nitrogen and oxygen atoms in total. The van der Waals surface area contributed by atoms with Gasteiger partial charge < -0.3 is 9.47 Å². The Morgan fingerprint density at radius 1 is 1.50 bits per heavy atom. The Morgan fingerprint density at radius 3 is 3.00 bits per heavy atom. The molecule has 0 saturated carbocycles. The third kappa shape index (κ3) is 5.40. The number of carbonyl (C=O) groups excluding carboxylic acids is 1. The van der Waals surface area contributed by atoms with Gasteiger partial charge >= 0.3 is 0 Å². The minimum absolute atomic E-state index is 0.133. The van der Waals surface area contributed by atoms with Gasteiger partial charge in [0.25, 0.3) is 5.91 Å². The zero-order chi connectivity index (χ0) is 15.8. The lowest BCUT2D eigenvalue weighted by Crippen LogP contribution is -2.42. The molecule has 1 amide bonds. The summed E-state index contributed by atoms with van der Waals surface area (Å²) in [6.07, 6.45) is 1.59. The van der Waals surface area contributed by atoms with E-state index in [1.165, 1.54) is 0 Å². The SMILES string of the molecule is CCOc1ccc(Br)cc1C=NNC(=O)CN1CCOCC1. The second-order valence-corrected chi connectivity index (χ2v) is 5.71. The zero-order valence-corrected chi connectivity index (χ0v) is 14.1. The van der Waals surface area contributed by atoms with Gasteiger partial charge in [0.15, 0.2) is 0 Å². The average Bonchev–Trinajstić information content (AvgIpc) is 2.51. The molecule has 0 bridgehead atoms. The first-order valence-electron chi connectivity index (χ1n) is 7.23. The van der Waals surface area contributed by atoms with E-state index in [2.05, 4.69) is 26.5 Å². The minimum Gasteiger partial charge on any atom is -0.493 e. The van der Waals surface area contributed by atoms with Crippen molar-refractivity contribution in [2.75, 3.05) is 39.5 Å². The first kappa shape index (κ1) is 16.9. The molecule has 1 N–H and O–H groups in total. The van der Waals surface area contributed by atoms with E-state index < -0.39 is 0 Å². The molecule has 1 heterocycles. The fourth-order valence-corrected chi connectivity index (χ4v) is 2.46. The Balaban J connectivity index is 1.88. The topological polar surface area (TPSA) is 63.2 Å². The quantitative estimate of drug-likeness (QED) is 0.611. The van der Waals surface area contributed by atoms with Crippen molar-refractivity contribution in [1.82, 2.24) is 10.3 Å². The second-order valence-electron chi connectivity index (χ2n) is 4.80. The van der Waals surface area contributed by atoms with Crippen LogP contribution in [-0.2, 0) is 9.53 Å². The van der Waals surface area contributed by atoms with Crippen molar-refractivity contribution in [2.24, 2.45) is 5.10 Å². The predicted molar refractivity (Wildman–Crippen MR) is 88.3 cm³/mol. The van der Waals surface area contributed by atoms with Crippen LogP contribution in [0.5, 0.6) is 5.75 Å². The molecular formula is C15H20BrN3O3. The summed E-state index contributed by atoms with van der Waals surface area (Å²) in [5.74, 6) is 0.600. The number of hydrazone groups is 1. The Morgan fingerprint density at radius 2 is 2.27 bits per heavy atom. The lowest BCUT2D eigenvalue weighted by atomic mass is 10.2. The van der Waals surface area contributed by atoms with Crippen LogP contribution in [-0.4, -0.2) is 56.5 Å². The fraction of sp³-hybridized carbons (Fsp3) is 0.467. The average molecular weight is 370 g/mol. The van der Waals surface area contributed by atoms with Crippen molar-refractivity contribution < 1.29 is 14.3 Å². The van der Waals surface area contributed by atoms with Gasteiger partial charge in [0, 0.05) is 23.1 Å². The smallest absolute Gasteiger partial charge is 0.254 e. The summed E-state index contributed by atoms with van der Waals surface area (Å²) in [4.78, 5) is 13.9. The van der Waals surface area contributed by atoms with E-state index >= 15 is 0 Å². The van der Waals surface area contributed by atoms with Gasteiger partial charge in [0.2, 0.25) is 0 Å². The van der Waals surface area contributed by atoms with E-state index in [4.69, 9.17) is 9.47 Å². The predicted octanol–water partition coefficient (Wildman–Crippen LogP) is 1.63. The third-order valence-electron chi connectivity index (χ3n) is 3.14. The van der Waals surface area contributed by atoms with Crippen molar-refractivity contribution in [1.29, 1.82) is 0 Å². The van der Waals surface area contributed by atoms with Crippen LogP contribution in [0.25, 0.3) is 0 Å². The molecule has 0 spiro atoms. The number of nitrogens with one attached hydrogen (secondary N) is 1. The summed E-state index contributed by atoms with van der Waals surface area (Å²) in [6, 6.07) is 5.66. The van der Waals surface area contributed by atoms with Gasteiger partial charge in [-0.2, -0.15) is 5.10 Å². The Hall–Kier alpha value is -1.44. The van der Waals surface area contributed by atoms with Crippen molar-refractivity contribution in [3.05, 3.63) is 28.2 Å². The number of morpholine rings is 1. The molecule has 120 valence electrons. The van der Waals surface area contributed by atoms with Gasteiger partial charge in [-0.1, -0.05) is 15.9 Å². The largest absolute Gasteiger partial charge is 0.493 e. The molecule has 2 rings (SSSR count). The number of ether oxygens (including phenoxy) is 2. The molecule has 0 aromatic heterocycles. The number of nitrogens with zero attached hydrogens (tertiary/aromatic N) is 2. The summed E-state index contributed by atoms with van der Waals surface area (Å²) in [5, 5.41) is 4.01. The van der Waals surface area contributed by atoms with E-state index in [9.17, 15) is 4.79 Å². The summed E-state index contributed by atoms with van der Waals surface area (Å²) in [6.45, 7) is 5.73. The first-order chi connectivity index (χ1) is 10.7. The van der Waals surface area contributed by atoms with Gasteiger partial charge in [-0.05, 0) is 25.1 Å².